The van der Waals surface area contributed by atoms with Crippen LogP contribution in [0.4, 0.5) is 4.79 Å². The van der Waals surface area contributed by atoms with Crippen molar-refractivity contribution >= 4 is 6.03 Å². The predicted octanol–water partition coefficient (Wildman–Crippen LogP) is 2.58. The molecule has 0 aliphatic carbocycles. The molecule has 18 heavy (non-hydrogen) atoms. The monoisotopic (exact) mass is 246 g/mol. The maximum absolute atomic E-state index is 12.1. The first-order chi connectivity index (χ1) is 8.53. The van der Waals surface area contributed by atoms with Gasteiger partial charge in [-0.1, -0.05) is 17.7 Å². The van der Waals surface area contributed by atoms with Gasteiger partial charge in [0.25, 0.3) is 0 Å². The van der Waals surface area contributed by atoms with E-state index in [-0.39, 0.29) is 12.1 Å². The number of amides is 2. The third-order valence-corrected chi connectivity index (χ3v) is 3.88. The van der Waals surface area contributed by atoms with Crippen LogP contribution >= 0.6 is 0 Å². The first-order valence-corrected chi connectivity index (χ1v) is 6.41. The Hall–Kier alpha value is -1.71. The maximum Gasteiger partial charge on any atom is 0.320 e. The molecule has 4 heteroatoms. The first kappa shape index (κ1) is 11.4. The van der Waals surface area contributed by atoms with Crippen LogP contribution in [-0.4, -0.2) is 23.2 Å². The Balaban J connectivity index is 2.08. The molecule has 2 unspecified atom stereocenters. The van der Waals surface area contributed by atoms with Gasteiger partial charge in [-0.2, -0.15) is 0 Å². The van der Waals surface area contributed by atoms with Crippen molar-refractivity contribution in [3.63, 3.8) is 0 Å². The quantitative estimate of drug-likeness (QED) is 0.827. The van der Waals surface area contributed by atoms with Gasteiger partial charge in [0.2, 0.25) is 0 Å². The largest absolute Gasteiger partial charge is 0.468 e. The number of nitrogens with zero attached hydrogens (tertiary/aromatic N) is 1. The number of rotatable bonds is 1. The smallest absolute Gasteiger partial charge is 0.320 e. The zero-order valence-corrected chi connectivity index (χ0v) is 11.0. The van der Waals surface area contributed by atoms with E-state index in [1.54, 1.807) is 4.90 Å². The van der Waals surface area contributed by atoms with Crippen LogP contribution < -0.4 is 10.1 Å². The summed E-state index contributed by atoms with van der Waals surface area (Å²) in [6, 6.07) is 6.17. The molecule has 1 N–H and O–H groups in total. The molecule has 0 saturated carbocycles. The fourth-order valence-electron chi connectivity index (χ4n) is 3.01. The van der Waals surface area contributed by atoms with Crippen molar-refractivity contribution in [2.45, 2.75) is 39.0 Å². The van der Waals surface area contributed by atoms with E-state index in [0.29, 0.717) is 6.54 Å². The van der Waals surface area contributed by atoms with Crippen molar-refractivity contribution in [1.82, 2.24) is 10.2 Å². The van der Waals surface area contributed by atoms with Crippen LogP contribution in [-0.2, 0) is 0 Å². The van der Waals surface area contributed by atoms with Crippen molar-refractivity contribution in [3.8, 4) is 5.75 Å². The van der Waals surface area contributed by atoms with Crippen molar-refractivity contribution in [1.29, 1.82) is 0 Å². The second kappa shape index (κ2) is 3.64. The van der Waals surface area contributed by atoms with Gasteiger partial charge in [0.1, 0.15) is 5.75 Å². The minimum atomic E-state index is -0.524. The summed E-state index contributed by atoms with van der Waals surface area (Å²) in [5, 5.41) is 3.06. The van der Waals surface area contributed by atoms with Crippen molar-refractivity contribution in [2.75, 3.05) is 6.54 Å². The lowest BCUT2D eigenvalue weighted by Crippen LogP contribution is -2.64. The highest BCUT2D eigenvalue weighted by Crippen LogP contribution is 2.43. The van der Waals surface area contributed by atoms with E-state index in [9.17, 15) is 4.79 Å². The van der Waals surface area contributed by atoms with Gasteiger partial charge in [0.05, 0.1) is 6.04 Å². The average Bonchev–Trinajstić information content (AvgIpc) is 2.30. The standard InChI is InChI=1S/C14H18N2O2/c1-4-16-13(17)15-11-8-14(16,3)18-12-6-5-9(2)7-10(11)12/h5-7,11H,4,8H2,1-3H3,(H,15,17). The fourth-order valence-corrected chi connectivity index (χ4v) is 3.01. The number of carbonyl (C=O) groups excluding carboxylic acids is 1. The first-order valence-electron chi connectivity index (χ1n) is 6.41. The molecule has 1 aromatic carbocycles. The number of benzene rings is 1. The van der Waals surface area contributed by atoms with Crippen LogP contribution in [0.3, 0.4) is 0 Å². The predicted molar refractivity (Wildman–Crippen MR) is 68.5 cm³/mol. The molecule has 1 aromatic rings. The molecule has 2 heterocycles. The van der Waals surface area contributed by atoms with Gasteiger partial charge in [0.15, 0.2) is 5.72 Å². The van der Waals surface area contributed by atoms with E-state index in [1.165, 1.54) is 5.56 Å². The zero-order valence-electron chi connectivity index (χ0n) is 11.0. The average molecular weight is 246 g/mol. The van der Waals surface area contributed by atoms with Gasteiger partial charge >= 0.3 is 6.03 Å². The summed E-state index contributed by atoms with van der Waals surface area (Å²) in [6.07, 6.45) is 0.795. The summed E-state index contributed by atoms with van der Waals surface area (Å²) in [7, 11) is 0. The lowest BCUT2D eigenvalue weighted by molar-refractivity contribution is -0.0815. The number of aryl methyl sites for hydroxylation is 1. The number of fused-ring (bicyclic) bond motifs is 4. The van der Waals surface area contributed by atoms with E-state index in [1.807, 2.05) is 26.0 Å². The van der Waals surface area contributed by atoms with Gasteiger partial charge in [-0.15, -0.1) is 0 Å². The summed E-state index contributed by atoms with van der Waals surface area (Å²) >= 11 is 0. The van der Waals surface area contributed by atoms with E-state index in [0.717, 1.165) is 17.7 Å². The molecule has 2 bridgehead atoms. The number of hydrogen-bond donors (Lipinski definition) is 1. The van der Waals surface area contributed by atoms with E-state index < -0.39 is 5.72 Å². The Morgan fingerprint density at radius 1 is 1.56 bits per heavy atom. The second-order valence-corrected chi connectivity index (χ2v) is 5.27. The van der Waals surface area contributed by atoms with E-state index >= 15 is 0 Å². The third kappa shape index (κ3) is 1.48. The highest BCUT2D eigenvalue weighted by molar-refractivity contribution is 5.77. The number of nitrogens with one attached hydrogen (secondary N) is 1. The Bertz CT molecular complexity index is 515. The SMILES string of the molecule is CCN1C(=O)NC2CC1(C)Oc1ccc(C)cc12. The molecular formula is C14H18N2O2. The highest BCUT2D eigenvalue weighted by atomic mass is 16.5. The molecule has 96 valence electrons. The molecule has 2 atom stereocenters. The van der Waals surface area contributed by atoms with Crippen molar-refractivity contribution < 1.29 is 9.53 Å². The van der Waals surface area contributed by atoms with Gasteiger partial charge in [-0.3, -0.25) is 4.90 Å². The fraction of sp³-hybridized carbons (Fsp3) is 0.500. The number of ether oxygens (including phenoxy) is 1. The number of urea groups is 1. The number of carbonyl (C=O) groups is 1. The summed E-state index contributed by atoms with van der Waals surface area (Å²) < 4.78 is 6.08. The molecule has 4 nitrogen and oxygen atoms in total. The molecule has 0 radical (unpaired) electrons. The normalized spacial score (nSPS) is 29.4. The second-order valence-electron chi connectivity index (χ2n) is 5.27. The molecule has 0 aromatic heterocycles. The summed E-state index contributed by atoms with van der Waals surface area (Å²) in [4.78, 5) is 13.8. The Morgan fingerprint density at radius 2 is 2.33 bits per heavy atom. The molecule has 0 spiro atoms. The van der Waals surface area contributed by atoms with Gasteiger partial charge in [0, 0.05) is 18.5 Å². The molecular weight excluding hydrogens is 228 g/mol. The Morgan fingerprint density at radius 3 is 3.06 bits per heavy atom. The highest BCUT2D eigenvalue weighted by Gasteiger charge is 2.48. The summed E-state index contributed by atoms with van der Waals surface area (Å²) in [5.74, 6) is 0.887. The van der Waals surface area contributed by atoms with Gasteiger partial charge < -0.3 is 10.1 Å². The maximum atomic E-state index is 12.1. The topological polar surface area (TPSA) is 41.6 Å². The minimum absolute atomic E-state index is 0.0385. The molecule has 3 rings (SSSR count). The van der Waals surface area contributed by atoms with Crippen LogP contribution in [0.2, 0.25) is 0 Å². The molecule has 2 amide bonds. The van der Waals surface area contributed by atoms with Crippen LogP contribution in [0.1, 0.15) is 37.4 Å². The van der Waals surface area contributed by atoms with Crippen LogP contribution in [0, 0.1) is 6.92 Å². The molecule has 1 fully saturated rings. The molecule has 2 aliphatic heterocycles. The lowest BCUT2D eigenvalue weighted by Gasteiger charge is -2.50. The minimum Gasteiger partial charge on any atom is -0.468 e. The number of hydrogen-bond acceptors (Lipinski definition) is 2. The summed E-state index contributed by atoms with van der Waals surface area (Å²) in [5.41, 5.74) is 1.76. The van der Waals surface area contributed by atoms with Gasteiger partial charge in [-0.25, -0.2) is 4.79 Å². The lowest BCUT2D eigenvalue weighted by atomic mass is 9.90. The Kier molecular flexibility index (Phi) is 2.30. The zero-order chi connectivity index (χ0) is 12.9. The van der Waals surface area contributed by atoms with Crippen LogP contribution in [0.25, 0.3) is 0 Å². The summed E-state index contributed by atoms with van der Waals surface area (Å²) in [6.45, 7) is 6.66. The van der Waals surface area contributed by atoms with E-state index in [2.05, 4.69) is 18.3 Å². The van der Waals surface area contributed by atoms with E-state index in [4.69, 9.17) is 4.74 Å². The van der Waals surface area contributed by atoms with Gasteiger partial charge in [-0.05, 0) is 26.8 Å². The van der Waals surface area contributed by atoms with Crippen molar-refractivity contribution in [2.24, 2.45) is 0 Å². The van der Waals surface area contributed by atoms with Crippen molar-refractivity contribution in [3.05, 3.63) is 29.3 Å². The van der Waals surface area contributed by atoms with Crippen LogP contribution in [0.5, 0.6) is 5.75 Å². The third-order valence-electron chi connectivity index (χ3n) is 3.88. The van der Waals surface area contributed by atoms with Crippen LogP contribution in [0.15, 0.2) is 18.2 Å². The Labute approximate surface area is 107 Å². The molecule has 2 aliphatic rings. The molecule has 1 saturated heterocycles.